The molecule has 1 heterocycles. The van der Waals surface area contributed by atoms with Crippen molar-refractivity contribution in [2.24, 2.45) is 0 Å². The first-order chi connectivity index (χ1) is 8.24. The van der Waals surface area contributed by atoms with Crippen molar-refractivity contribution in [3.63, 3.8) is 0 Å². The number of nitrogens with zero attached hydrogens (tertiary/aromatic N) is 1. The standard InChI is InChI=1S/C12H14FN3O/c1-14-6-9-7-15-12(16-9)8-3-4-10(13)11(5-8)17-2/h3-5,7,14H,6H2,1-2H3,(H,15,16). The number of hydrogen-bond acceptors (Lipinski definition) is 3. The number of aromatic nitrogens is 2. The van der Waals surface area contributed by atoms with Crippen LogP contribution in [0.2, 0.25) is 0 Å². The van der Waals surface area contributed by atoms with Crippen molar-refractivity contribution in [3.8, 4) is 17.1 Å². The average Bonchev–Trinajstić information content (AvgIpc) is 2.79. The minimum atomic E-state index is -0.377. The molecule has 17 heavy (non-hydrogen) atoms. The quantitative estimate of drug-likeness (QED) is 0.851. The third-order valence-corrected chi connectivity index (χ3v) is 2.42. The van der Waals surface area contributed by atoms with Crippen LogP contribution < -0.4 is 10.1 Å². The van der Waals surface area contributed by atoms with Gasteiger partial charge in [0.1, 0.15) is 5.82 Å². The van der Waals surface area contributed by atoms with Crippen LogP contribution in [0.1, 0.15) is 5.69 Å². The maximum absolute atomic E-state index is 13.2. The third-order valence-electron chi connectivity index (χ3n) is 2.42. The smallest absolute Gasteiger partial charge is 0.165 e. The van der Waals surface area contributed by atoms with E-state index in [1.165, 1.54) is 13.2 Å². The van der Waals surface area contributed by atoms with E-state index in [0.29, 0.717) is 12.4 Å². The van der Waals surface area contributed by atoms with Crippen LogP contribution in [0.4, 0.5) is 4.39 Å². The molecule has 0 atom stereocenters. The van der Waals surface area contributed by atoms with Crippen molar-refractivity contribution < 1.29 is 9.13 Å². The molecule has 2 rings (SSSR count). The summed E-state index contributed by atoms with van der Waals surface area (Å²) in [7, 11) is 3.30. The minimum Gasteiger partial charge on any atom is -0.494 e. The number of halogens is 1. The number of nitrogens with one attached hydrogen (secondary N) is 2. The number of ether oxygens (including phenoxy) is 1. The molecule has 0 bridgehead atoms. The maximum atomic E-state index is 13.2. The first-order valence-electron chi connectivity index (χ1n) is 5.27. The van der Waals surface area contributed by atoms with Crippen LogP contribution >= 0.6 is 0 Å². The molecule has 1 aromatic carbocycles. The molecule has 2 N–H and O–H groups in total. The summed E-state index contributed by atoms with van der Waals surface area (Å²) in [6, 6.07) is 4.66. The molecule has 0 saturated carbocycles. The molecule has 0 fully saturated rings. The molecular weight excluding hydrogens is 221 g/mol. The van der Waals surface area contributed by atoms with Crippen LogP contribution in [-0.4, -0.2) is 24.1 Å². The van der Waals surface area contributed by atoms with Gasteiger partial charge in [-0.15, -0.1) is 0 Å². The maximum Gasteiger partial charge on any atom is 0.165 e. The fourth-order valence-electron chi connectivity index (χ4n) is 1.59. The van der Waals surface area contributed by atoms with Gasteiger partial charge >= 0.3 is 0 Å². The lowest BCUT2D eigenvalue weighted by Gasteiger charge is -2.03. The fourth-order valence-corrected chi connectivity index (χ4v) is 1.59. The number of H-pyrrole nitrogens is 1. The zero-order chi connectivity index (χ0) is 12.3. The number of methoxy groups -OCH3 is 1. The van der Waals surface area contributed by atoms with Gasteiger partial charge in [0.05, 0.1) is 7.11 Å². The Morgan fingerprint density at radius 3 is 3.00 bits per heavy atom. The molecule has 0 unspecified atom stereocenters. The molecule has 0 radical (unpaired) electrons. The van der Waals surface area contributed by atoms with Crippen LogP contribution in [-0.2, 0) is 6.54 Å². The van der Waals surface area contributed by atoms with Crippen molar-refractivity contribution in [2.75, 3.05) is 14.2 Å². The zero-order valence-electron chi connectivity index (χ0n) is 9.75. The second kappa shape index (κ2) is 4.97. The van der Waals surface area contributed by atoms with Crippen molar-refractivity contribution in [1.29, 1.82) is 0 Å². The molecule has 90 valence electrons. The summed E-state index contributed by atoms with van der Waals surface area (Å²) in [6.45, 7) is 0.714. The summed E-state index contributed by atoms with van der Waals surface area (Å²) in [5, 5.41) is 3.02. The number of benzene rings is 1. The van der Waals surface area contributed by atoms with E-state index in [9.17, 15) is 4.39 Å². The van der Waals surface area contributed by atoms with Gasteiger partial charge in [-0.05, 0) is 25.2 Å². The van der Waals surface area contributed by atoms with Gasteiger partial charge in [0.25, 0.3) is 0 Å². The summed E-state index contributed by atoms with van der Waals surface area (Å²) in [5.41, 5.74) is 1.77. The summed E-state index contributed by atoms with van der Waals surface area (Å²) < 4.78 is 18.2. The minimum absolute atomic E-state index is 0.217. The van der Waals surface area contributed by atoms with Gasteiger partial charge in [0.15, 0.2) is 11.6 Å². The summed E-state index contributed by atoms with van der Waals surface area (Å²) in [6.07, 6.45) is 1.75. The second-order valence-corrected chi connectivity index (χ2v) is 3.64. The highest BCUT2D eigenvalue weighted by molar-refractivity contribution is 5.58. The molecular formula is C12H14FN3O. The van der Waals surface area contributed by atoms with E-state index in [1.807, 2.05) is 7.05 Å². The predicted octanol–water partition coefficient (Wildman–Crippen LogP) is 1.94. The van der Waals surface area contributed by atoms with Gasteiger partial charge < -0.3 is 15.0 Å². The predicted molar refractivity (Wildman–Crippen MR) is 63.3 cm³/mol. The lowest BCUT2D eigenvalue weighted by atomic mass is 10.2. The van der Waals surface area contributed by atoms with Crippen molar-refractivity contribution in [2.45, 2.75) is 6.54 Å². The Morgan fingerprint density at radius 2 is 2.29 bits per heavy atom. The van der Waals surface area contributed by atoms with E-state index in [-0.39, 0.29) is 11.6 Å². The van der Waals surface area contributed by atoms with Gasteiger partial charge in [-0.1, -0.05) is 0 Å². The fraction of sp³-hybridized carbons (Fsp3) is 0.250. The van der Waals surface area contributed by atoms with E-state index in [0.717, 1.165) is 11.3 Å². The van der Waals surface area contributed by atoms with Crippen molar-refractivity contribution in [1.82, 2.24) is 15.3 Å². The lowest BCUT2D eigenvalue weighted by Crippen LogP contribution is -2.04. The molecule has 5 heteroatoms. The van der Waals surface area contributed by atoms with Crippen LogP contribution in [0.25, 0.3) is 11.4 Å². The summed E-state index contributed by atoms with van der Waals surface area (Å²) in [5.74, 6) is 0.542. The molecule has 0 aliphatic carbocycles. The highest BCUT2D eigenvalue weighted by atomic mass is 19.1. The molecule has 0 aliphatic heterocycles. The Bertz CT molecular complexity index is 510. The van der Waals surface area contributed by atoms with Crippen LogP contribution in [0, 0.1) is 5.82 Å². The van der Waals surface area contributed by atoms with Crippen LogP contribution in [0.15, 0.2) is 24.4 Å². The Morgan fingerprint density at radius 1 is 1.47 bits per heavy atom. The normalized spacial score (nSPS) is 10.5. The molecule has 4 nitrogen and oxygen atoms in total. The first-order valence-corrected chi connectivity index (χ1v) is 5.27. The molecule has 0 spiro atoms. The van der Waals surface area contributed by atoms with Gasteiger partial charge in [0.2, 0.25) is 0 Å². The SMILES string of the molecule is CNCc1cnc(-c2ccc(F)c(OC)c2)[nH]1. The highest BCUT2D eigenvalue weighted by Crippen LogP contribution is 2.24. The van der Waals surface area contributed by atoms with Crippen molar-refractivity contribution >= 4 is 0 Å². The largest absolute Gasteiger partial charge is 0.494 e. The van der Waals surface area contributed by atoms with Crippen molar-refractivity contribution in [3.05, 3.63) is 35.9 Å². The Hall–Kier alpha value is -1.88. The summed E-state index contributed by atoms with van der Waals surface area (Å²) >= 11 is 0. The van der Waals surface area contributed by atoms with Gasteiger partial charge in [-0.25, -0.2) is 9.37 Å². The van der Waals surface area contributed by atoms with E-state index in [2.05, 4.69) is 15.3 Å². The van der Waals surface area contributed by atoms with E-state index >= 15 is 0 Å². The second-order valence-electron chi connectivity index (χ2n) is 3.64. The zero-order valence-corrected chi connectivity index (χ0v) is 9.75. The molecule has 1 aromatic heterocycles. The van der Waals surface area contributed by atoms with E-state index in [4.69, 9.17) is 4.74 Å². The topological polar surface area (TPSA) is 49.9 Å². The number of aromatic amines is 1. The van der Waals surface area contributed by atoms with Crippen LogP contribution in [0.5, 0.6) is 5.75 Å². The van der Waals surface area contributed by atoms with Gasteiger partial charge in [-0.2, -0.15) is 0 Å². The van der Waals surface area contributed by atoms with Gasteiger partial charge in [0, 0.05) is 24.0 Å². The molecule has 2 aromatic rings. The molecule has 0 aliphatic rings. The molecule has 0 amide bonds. The Kier molecular flexibility index (Phi) is 3.39. The van der Waals surface area contributed by atoms with Gasteiger partial charge in [-0.3, -0.25) is 0 Å². The monoisotopic (exact) mass is 235 g/mol. The number of rotatable bonds is 4. The average molecular weight is 235 g/mol. The van der Waals surface area contributed by atoms with E-state index in [1.54, 1.807) is 18.3 Å². The highest BCUT2D eigenvalue weighted by Gasteiger charge is 2.07. The number of hydrogen-bond donors (Lipinski definition) is 2. The third kappa shape index (κ3) is 2.45. The molecule has 0 saturated heterocycles. The van der Waals surface area contributed by atoms with E-state index < -0.39 is 0 Å². The first kappa shape index (κ1) is 11.6. The Balaban J connectivity index is 2.32. The number of imidazole rings is 1. The van der Waals surface area contributed by atoms with Crippen LogP contribution in [0.3, 0.4) is 0 Å². The summed E-state index contributed by atoms with van der Waals surface area (Å²) in [4.78, 5) is 7.39. The Labute approximate surface area is 98.8 Å². The lowest BCUT2D eigenvalue weighted by molar-refractivity contribution is 0.387.